The Bertz CT molecular complexity index is 986. The molecule has 0 atom stereocenters. The van der Waals surface area contributed by atoms with Crippen molar-refractivity contribution in [2.75, 3.05) is 54.6 Å². The van der Waals surface area contributed by atoms with Crippen LogP contribution >= 0.6 is 24.8 Å². The molecule has 10 heteroatoms. The standard InChI is InChI=1S/C25H35N3O5.2ClH/c1-25(2)16-28(14-13-27(25)3)24(29)19-15-20(22(31-5)23(32-6)21(19)30-4)33-18-9-7-17(8-10-18)11-12-26;;/h7-10,15H,11-14,16,26H2,1-6H3;2*1H. The van der Waals surface area contributed by atoms with Gasteiger partial charge in [-0.1, -0.05) is 12.1 Å². The number of carbonyl (C=O) groups excluding carboxylic acids is 1. The Labute approximate surface area is 220 Å². The third-order valence-electron chi connectivity index (χ3n) is 6.19. The number of carbonyl (C=O) groups is 1. The van der Waals surface area contributed by atoms with Gasteiger partial charge in [-0.15, -0.1) is 24.8 Å². The molecular weight excluding hydrogens is 493 g/mol. The number of hydrogen-bond donors (Lipinski definition) is 1. The SMILES string of the molecule is COc1c(Oc2ccc(CCN)cc2)cc(C(=O)N2CCN(C)C(C)(C)C2)c(OC)c1OC.Cl.Cl. The van der Waals surface area contributed by atoms with Crippen LogP contribution in [-0.2, 0) is 6.42 Å². The van der Waals surface area contributed by atoms with Crippen LogP contribution in [0.3, 0.4) is 0 Å². The number of nitrogens with two attached hydrogens (primary N) is 1. The quantitative estimate of drug-likeness (QED) is 0.552. The summed E-state index contributed by atoms with van der Waals surface area (Å²) in [6.07, 6.45) is 0.792. The van der Waals surface area contributed by atoms with Crippen LogP contribution < -0.4 is 24.7 Å². The highest BCUT2D eigenvalue weighted by molar-refractivity contribution is 5.99. The van der Waals surface area contributed by atoms with Crippen molar-refractivity contribution in [2.45, 2.75) is 25.8 Å². The molecule has 0 radical (unpaired) electrons. The van der Waals surface area contributed by atoms with E-state index >= 15 is 0 Å². The van der Waals surface area contributed by atoms with Gasteiger partial charge in [0.1, 0.15) is 5.75 Å². The number of amides is 1. The maximum absolute atomic E-state index is 13.6. The van der Waals surface area contributed by atoms with Crippen LogP contribution in [0.15, 0.2) is 30.3 Å². The van der Waals surface area contributed by atoms with Crippen LogP contribution in [0.2, 0.25) is 0 Å². The molecule has 0 spiro atoms. The fourth-order valence-corrected chi connectivity index (χ4v) is 4.02. The summed E-state index contributed by atoms with van der Waals surface area (Å²) in [5, 5.41) is 0. The normalized spacial score (nSPS) is 14.9. The van der Waals surface area contributed by atoms with E-state index < -0.39 is 0 Å². The lowest BCUT2D eigenvalue weighted by atomic mass is 9.98. The fourth-order valence-electron chi connectivity index (χ4n) is 4.02. The summed E-state index contributed by atoms with van der Waals surface area (Å²) < 4.78 is 22.9. The van der Waals surface area contributed by atoms with Crippen molar-refractivity contribution in [3.63, 3.8) is 0 Å². The lowest BCUT2D eigenvalue weighted by Crippen LogP contribution is -2.58. The Hall–Kier alpha value is -2.39. The molecule has 1 aliphatic heterocycles. The minimum atomic E-state index is -0.142. The summed E-state index contributed by atoms with van der Waals surface area (Å²) in [5.74, 6) is 1.84. The zero-order valence-electron chi connectivity index (χ0n) is 21.3. The molecule has 2 aromatic carbocycles. The van der Waals surface area contributed by atoms with Crippen LogP contribution in [0.1, 0.15) is 29.8 Å². The first-order chi connectivity index (χ1) is 15.7. The molecule has 3 rings (SSSR count). The molecule has 35 heavy (non-hydrogen) atoms. The molecule has 8 nitrogen and oxygen atoms in total. The molecule has 1 aliphatic rings. The van der Waals surface area contributed by atoms with E-state index in [1.807, 2.05) is 29.2 Å². The number of methoxy groups -OCH3 is 3. The molecule has 1 fully saturated rings. The van der Waals surface area contributed by atoms with Crippen molar-refractivity contribution in [3.05, 3.63) is 41.5 Å². The molecule has 0 aromatic heterocycles. The van der Waals surface area contributed by atoms with E-state index in [1.54, 1.807) is 6.07 Å². The summed E-state index contributed by atoms with van der Waals surface area (Å²) in [5.41, 5.74) is 6.99. The molecule has 0 aliphatic carbocycles. The molecule has 196 valence electrons. The minimum absolute atomic E-state index is 0. The van der Waals surface area contributed by atoms with Gasteiger partial charge in [0, 0.05) is 31.2 Å². The third-order valence-corrected chi connectivity index (χ3v) is 6.19. The molecule has 2 aromatic rings. The van der Waals surface area contributed by atoms with Crippen LogP contribution in [0.4, 0.5) is 0 Å². The average molecular weight is 530 g/mol. The maximum atomic E-state index is 13.6. The Morgan fingerprint density at radius 1 is 0.971 bits per heavy atom. The number of ether oxygens (including phenoxy) is 4. The Balaban J connectivity index is 0.00000306. The van der Waals surface area contributed by atoms with Gasteiger partial charge in [-0.3, -0.25) is 9.69 Å². The van der Waals surface area contributed by atoms with Crippen LogP contribution in [0.25, 0.3) is 0 Å². The number of benzene rings is 2. The lowest BCUT2D eigenvalue weighted by molar-refractivity contribution is 0.0308. The molecule has 1 heterocycles. The van der Waals surface area contributed by atoms with Crippen LogP contribution in [0.5, 0.6) is 28.7 Å². The van der Waals surface area contributed by atoms with E-state index in [4.69, 9.17) is 24.7 Å². The van der Waals surface area contributed by atoms with Crippen LogP contribution in [0, 0.1) is 0 Å². The molecule has 1 saturated heterocycles. The van der Waals surface area contributed by atoms with Crippen molar-refractivity contribution in [1.82, 2.24) is 9.80 Å². The van der Waals surface area contributed by atoms with Gasteiger partial charge in [-0.05, 0) is 51.6 Å². The third kappa shape index (κ3) is 6.64. The zero-order chi connectivity index (χ0) is 24.2. The summed E-state index contributed by atoms with van der Waals surface area (Å²) in [4.78, 5) is 17.7. The second kappa shape index (κ2) is 13.1. The molecule has 2 N–H and O–H groups in total. The smallest absolute Gasteiger partial charge is 0.258 e. The van der Waals surface area contributed by atoms with Gasteiger partial charge in [0.15, 0.2) is 11.5 Å². The highest BCUT2D eigenvalue weighted by Crippen LogP contribution is 2.48. The second-order valence-corrected chi connectivity index (χ2v) is 8.77. The zero-order valence-corrected chi connectivity index (χ0v) is 22.9. The average Bonchev–Trinajstić information content (AvgIpc) is 2.80. The minimum Gasteiger partial charge on any atom is -0.492 e. The Morgan fingerprint density at radius 3 is 2.09 bits per heavy atom. The highest BCUT2D eigenvalue weighted by atomic mass is 35.5. The van der Waals surface area contributed by atoms with E-state index in [9.17, 15) is 4.79 Å². The number of nitrogens with zero attached hydrogens (tertiary/aromatic N) is 2. The summed E-state index contributed by atoms with van der Waals surface area (Å²) in [6.45, 7) is 6.83. The maximum Gasteiger partial charge on any atom is 0.258 e. The lowest BCUT2D eigenvalue weighted by Gasteiger charge is -2.45. The van der Waals surface area contributed by atoms with Crippen LogP contribution in [-0.4, -0.2) is 75.8 Å². The van der Waals surface area contributed by atoms with Gasteiger partial charge in [-0.25, -0.2) is 0 Å². The number of hydrogen-bond acceptors (Lipinski definition) is 7. The fraction of sp³-hybridized carbons (Fsp3) is 0.480. The topological polar surface area (TPSA) is 86.5 Å². The van der Waals surface area contributed by atoms with Gasteiger partial charge in [0.25, 0.3) is 5.91 Å². The molecule has 0 unspecified atom stereocenters. The van der Waals surface area contributed by atoms with Gasteiger partial charge in [0.05, 0.1) is 26.9 Å². The number of halogens is 2. The Morgan fingerprint density at radius 2 is 1.57 bits per heavy atom. The van der Waals surface area contributed by atoms with E-state index in [2.05, 4.69) is 25.8 Å². The molecular formula is C25H37Cl2N3O5. The largest absolute Gasteiger partial charge is 0.492 e. The number of likely N-dealkylation sites (N-methyl/N-ethyl adjacent to an activating group) is 1. The van der Waals surface area contributed by atoms with Crippen molar-refractivity contribution in [2.24, 2.45) is 5.73 Å². The van der Waals surface area contributed by atoms with Crippen molar-refractivity contribution < 1.29 is 23.7 Å². The predicted molar refractivity (Wildman–Crippen MR) is 142 cm³/mol. The first kappa shape index (κ1) is 30.6. The first-order valence-electron chi connectivity index (χ1n) is 11.1. The highest BCUT2D eigenvalue weighted by Gasteiger charge is 2.36. The first-order valence-corrected chi connectivity index (χ1v) is 11.1. The summed E-state index contributed by atoms with van der Waals surface area (Å²) >= 11 is 0. The summed E-state index contributed by atoms with van der Waals surface area (Å²) in [7, 11) is 6.63. The van der Waals surface area contributed by atoms with E-state index in [0.717, 1.165) is 18.5 Å². The van der Waals surface area contributed by atoms with Crippen molar-refractivity contribution in [1.29, 1.82) is 0 Å². The Kier molecular flexibility index (Phi) is 11.4. The number of rotatable bonds is 8. The van der Waals surface area contributed by atoms with Gasteiger partial charge in [0.2, 0.25) is 11.5 Å². The molecule has 0 bridgehead atoms. The van der Waals surface area contributed by atoms with Gasteiger partial charge in [-0.2, -0.15) is 0 Å². The molecule has 0 saturated carbocycles. The van der Waals surface area contributed by atoms with Gasteiger partial charge >= 0.3 is 0 Å². The summed E-state index contributed by atoms with van der Waals surface area (Å²) in [6, 6.07) is 9.33. The van der Waals surface area contributed by atoms with E-state index in [-0.39, 0.29) is 36.3 Å². The molecule has 1 amide bonds. The van der Waals surface area contributed by atoms with Crippen molar-refractivity contribution in [3.8, 4) is 28.7 Å². The number of piperazine rings is 1. The second-order valence-electron chi connectivity index (χ2n) is 8.77. The van der Waals surface area contributed by atoms with E-state index in [0.29, 0.717) is 53.9 Å². The monoisotopic (exact) mass is 529 g/mol. The van der Waals surface area contributed by atoms with E-state index in [1.165, 1.54) is 21.3 Å². The van der Waals surface area contributed by atoms with Gasteiger partial charge < -0.3 is 29.6 Å². The predicted octanol–water partition coefficient (Wildman–Crippen LogP) is 4.02. The van der Waals surface area contributed by atoms with Crippen molar-refractivity contribution >= 4 is 30.7 Å².